The van der Waals surface area contributed by atoms with E-state index in [1.807, 2.05) is 66.1 Å². The van der Waals surface area contributed by atoms with Crippen LogP contribution in [0.3, 0.4) is 0 Å². The summed E-state index contributed by atoms with van der Waals surface area (Å²) < 4.78 is 9.69. The van der Waals surface area contributed by atoms with Crippen LogP contribution in [-0.4, -0.2) is 87.1 Å². The maximum Gasteiger partial charge on any atom is 0.407 e. The molecule has 9 rings (SSSR count). The number of carbonyl (C=O) groups excluding carboxylic acids is 4. The number of likely N-dealkylation sites (tertiary alicyclic amines) is 2. The maximum absolute atomic E-state index is 14.3. The predicted molar refractivity (Wildman–Crippen MR) is 231 cm³/mol. The first kappa shape index (κ1) is 41.0. The lowest BCUT2D eigenvalue weighted by atomic mass is 10.0. The number of hydrogen-bond donors (Lipinski definition) is 4. The van der Waals surface area contributed by atoms with Gasteiger partial charge in [0.1, 0.15) is 23.7 Å². The summed E-state index contributed by atoms with van der Waals surface area (Å²) in [6, 6.07) is 18.5. The quantitative estimate of drug-likeness (QED) is 0.110. The third kappa shape index (κ3) is 8.21. The molecular formula is C47H49ClN8O6. The van der Waals surface area contributed by atoms with E-state index in [1.54, 1.807) is 30.5 Å². The number of hydrogen-bond acceptors (Lipinski definition) is 8. The number of H-pyrrole nitrogens is 2. The van der Waals surface area contributed by atoms with Gasteiger partial charge in [0.25, 0.3) is 5.91 Å². The van der Waals surface area contributed by atoms with Crippen molar-refractivity contribution in [2.75, 3.05) is 27.3 Å². The Hall–Kier alpha value is -6.33. The number of methoxy groups -OCH3 is 2. The molecule has 2 saturated carbocycles. The molecule has 0 unspecified atom stereocenters. The number of benzene rings is 3. The summed E-state index contributed by atoms with van der Waals surface area (Å²) >= 11 is 6.14. The minimum Gasteiger partial charge on any atom is -0.453 e. The number of halogens is 1. The van der Waals surface area contributed by atoms with E-state index in [2.05, 4.69) is 32.4 Å². The zero-order chi connectivity index (χ0) is 43.3. The van der Waals surface area contributed by atoms with Crippen LogP contribution in [0.5, 0.6) is 0 Å². The summed E-state index contributed by atoms with van der Waals surface area (Å²) in [4.78, 5) is 73.1. The van der Waals surface area contributed by atoms with Crippen molar-refractivity contribution >= 4 is 46.6 Å². The van der Waals surface area contributed by atoms with Crippen molar-refractivity contribution in [1.82, 2.24) is 40.4 Å². The summed E-state index contributed by atoms with van der Waals surface area (Å²) in [7, 11) is 2.57. The topological polar surface area (TPSA) is 175 Å². The van der Waals surface area contributed by atoms with Gasteiger partial charge in [0.2, 0.25) is 5.91 Å². The van der Waals surface area contributed by atoms with Gasteiger partial charge in [0, 0.05) is 29.2 Å². The van der Waals surface area contributed by atoms with Crippen LogP contribution in [0.15, 0.2) is 72.9 Å². The summed E-state index contributed by atoms with van der Waals surface area (Å²) in [5.41, 5.74) is 5.78. The molecule has 4 aliphatic rings. The van der Waals surface area contributed by atoms with Crippen LogP contribution in [0.25, 0.3) is 22.3 Å². The van der Waals surface area contributed by atoms with Crippen LogP contribution in [-0.2, 0) is 19.1 Å². The summed E-state index contributed by atoms with van der Waals surface area (Å²) in [5.74, 6) is 7.53. The molecule has 4 fully saturated rings. The molecule has 2 saturated heterocycles. The van der Waals surface area contributed by atoms with Gasteiger partial charge in [-0.3, -0.25) is 9.59 Å². The second-order valence-electron chi connectivity index (χ2n) is 17.7. The van der Waals surface area contributed by atoms with Crippen molar-refractivity contribution in [2.45, 2.75) is 76.5 Å². The van der Waals surface area contributed by atoms with Crippen LogP contribution in [0.1, 0.15) is 98.8 Å². The third-order valence-electron chi connectivity index (χ3n) is 13.1. The van der Waals surface area contributed by atoms with Gasteiger partial charge in [-0.05, 0) is 109 Å². The van der Waals surface area contributed by atoms with Crippen molar-refractivity contribution in [3.05, 3.63) is 106 Å². The van der Waals surface area contributed by atoms with E-state index < -0.39 is 24.3 Å². The summed E-state index contributed by atoms with van der Waals surface area (Å²) in [5, 5.41) is 6.00. The summed E-state index contributed by atoms with van der Waals surface area (Å²) in [6.45, 7) is 5.05. The van der Waals surface area contributed by atoms with Crippen LogP contribution < -0.4 is 10.6 Å². The second-order valence-corrected chi connectivity index (χ2v) is 18.2. The number of amides is 4. The molecule has 4 N–H and O–H groups in total. The molecule has 5 aromatic rings. The minimum absolute atomic E-state index is 0.0427. The molecule has 0 radical (unpaired) electrons. The van der Waals surface area contributed by atoms with E-state index in [4.69, 9.17) is 31.0 Å². The Morgan fingerprint density at radius 3 is 2.00 bits per heavy atom. The van der Waals surface area contributed by atoms with Gasteiger partial charge in [-0.15, -0.1) is 0 Å². The van der Waals surface area contributed by atoms with Gasteiger partial charge in [-0.2, -0.15) is 0 Å². The second kappa shape index (κ2) is 16.2. The van der Waals surface area contributed by atoms with Crippen molar-refractivity contribution < 1.29 is 28.7 Å². The number of fused-ring (bicyclic) bond motifs is 1. The van der Waals surface area contributed by atoms with Gasteiger partial charge in [-0.25, -0.2) is 19.6 Å². The lowest BCUT2D eigenvalue weighted by Crippen LogP contribution is -2.51. The Kier molecular flexibility index (Phi) is 10.7. The molecule has 2 aliphatic carbocycles. The molecule has 2 aliphatic heterocycles. The van der Waals surface area contributed by atoms with Crippen molar-refractivity contribution in [3.63, 3.8) is 0 Å². The standard InChI is InChI=1S/C47H49ClN8O6/c1-27(2)38(53-44(59)61-3)42(57)55-25-46(17-18-46)22-36(55)40-49-24-35(52-40)30-10-7-28(8-11-30)5-6-29-9-16-33-34(21-29)51-41(50-33)37-23-47(19-20-47)26-56(37)43(58)39(54-45(60)62-4)31-12-14-32(48)15-13-31/h7-16,21,24,27,36-39H,17-20,22-23,25-26H2,1-4H3,(H,49,52)(H,50,51)(H,53,59)(H,54,60)/t36-,37-,38-,39+/m0/s1. The van der Waals surface area contributed by atoms with Crippen LogP contribution >= 0.6 is 11.6 Å². The molecule has 4 heterocycles. The van der Waals surface area contributed by atoms with E-state index in [0.717, 1.165) is 77.8 Å². The highest BCUT2D eigenvalue weighted by Crippen LogP contribution is 2.59. The third-order valence-corrected chi connectivity index (χ3v) is 13.3. The fourth-order valence-corrected chi connectivity index (χ4v) is 9.23. The first-order valence-corrected chi connectivity index (χ1v) is 21.5. The van der Waals surface area contributed by atoms with Crippen LogP contribution in [0, 0.1) is 28.6 Å². The number of carbonyl (C=O) groups is 4. The van der Waals surface area contributed by atoms with Crippen molar-refractivity contribution in [1.29, 1.82) is 0 Å². The maximum atomic E-state index is 14.3. The van der Waals surface area contributed by atoms with Gasteiger partial charge in [-0.1, -0.05) is 61.6 Å². The fourth-order valence-electron chi connectivity index (χ4n) is 9.10. The Morgan fingerprint density at radius 1 is 0.774 bits per heavy atom. The lowest BCUT2D eigenvalue weighted by Gasteiger charge is -2.30. The SMILES string of the molecule is COC(=O)N[C@H](C(=O)N1CC2(CC2)C[C@H]1c1ncc(-c2ccc(C#Cc3ccc4nc([C@@H]5CC6(CC6)CN5C(=O)[C@H](NC(=O)OC)c5ccc(Cl)cc5)[nH]c4c3)cc2)[nH]1)C(C)C. The minimum atomic E-state index is -0.953. The summed E-state index contributed by atoms with van der Waals surface area (Å²) in [6.07, 6.45) is 6.31. The first-order valence-electron chi connectivity index (χ1n) is 21.1. The molecule has 2 spiro atoms. The smallest absolute Gasteiger partial charge is 0.407 e. The molecule has 15 heteroatoms. The van der Waals surface area contributed by atoms with Gasteiger partial charge < -0.3 is 39.9 Å². The highest BCUT2D eigenvalue weighted by atomic mass is 35.5. The number of nitrogens with one attached hydrogen (secondary N) is 4. The van der Waals surface area contributed by atoms with Gasteiger partial charge in [0.05, 0.1) is 49.2 Å². The lowest BCUT2D eigenvalue weighted by molar-refractivity contribution is -0.136. The number of aromatic nitrogens is 4. The predicted octanol–water partition coefficient (Wildman–Crippen LogP) is 7.59. The normalized spacial score (nSPS) is 20.2. The van der Waals surface area contributed by atoms with E-state index in [0.29, 0.717) is 29.5 Å². The number of alkyl carbamates (subject to hydrolysis) is 2. The Morgan fingerprint density at radius 2 is 1.37 bits per heavy atom. The van der Waals surface area contributed by atoms with Crippen LogP contribution in [0.4, 0.5) is 9.59 Å². The Labute approximate surface area is 364 Å². The molecule has 4 atom stereocenters. The molecule has 4 amide bonds. The molecule has 62 heavy (non-hydrogen) atoms. The Bertz CT molecular complexity index is 2600. The van der Waals surface area contributed by atoms with E-state index >= 15 is 0 Å². The van der Waals surface area contributed by atoms with Crippen molar-refractivity contribution in [2.24, 2.45) is 16.7 Å². The van der Waals surface area contributed by atoms with E-state index in [-0.39, 0.29) is 40.6 Å². The van der Waals surface area contributed by atoms with Crippen LogP contribution in [0.2, 0.25) is 5.02 Å². The number of aromatic amines is 2. The molecule has 0 bridgehead atoms. The largest absolute Gasteiger partial charge is 0.453 e. The highest BCUT2D eigenvalue weighted by Gasteiger charge is 2.56. The fraction of sp³-hybridized carbons (Fsp3) is 0.404. The Balaban J connectivity index is 0.897. The van der Waals surface area contributed by atoms with E-state index in [1.165, 1.54) is 14.2 Å². The molecule has 3 aromatic carbocycles. The number of ether oxygens (including phenoxy) is 2. The average Bonchev–Trinajstić information content (AvgIpc) is 3.89. The zero-order valence-electron chi connectivity index (χ0n) is 35.1. The first-order chi connectivity index (χ1) is 29.8. The number of nitrogens with zero attached hydrogens (tertiary/aromatic N) is 4. The van der Waals surface area contributed by atoms with Crippen molar-refractivity contribution in [3.8, 4) is 23.1 Å². The molecule has 14 nitrogen and oxygen atoms in total. The number of rotatable bonds is 9. The van der Waals surface area contributed by atoms with Gasteiger partial charge >= 0.3 is 12.2 Å². The molecule has 2 aromatic heterocycles. The average molecular weight is 857 g/mol. The molecular weight excluding hydrogens is 808 g/mol. The highest BCUT2D eigenvalue weighted by molar-refractivity contribution is 6.30. The van der Waals surface area contributed by atoms with Gasteiger partial charge in [0.15, 0.2) is 0 Å². The molecule has 320 valence electrons. The number of imidazole rings is 2. The monoisotopic (exact) mass is 856 g/mol. The van der Waals surface area contributed by atoms with E-state index in [9.17, 15) is 19.2 Å². The zero-order valence-corrected chi connectivity index (χ0v) is 35.8.